The first-order valence-electron chi connectivity index (χ1n) is 21.3. The van der Waals surface area contributed by atoms with Crippen molar-refractivity contribution in [1.29, 1.82) is 0 Å². The number of fused-ring (bicyclic) bond motifs is 2. The van der Waals surface area contributed by atoms with Crippen molar-refractivity contribution >= 4 is 79.1 Å². The minimum atomic E-state index is -5.92. The Morgan fingerprint density at radius 2 is 0.972 bits per heavy atom. The summed E-state index contributed by atoms with van der Waals surface area (Å²) in [6.45, 7) is 0. The topological polar surface area (TPSA) is 187 Å². The third-order valence-electron chi connectivity index (χ3n) is 10.7. The summed E-state index contributed by atoms with van der Waals surface area (Å²) in [6.07, 6.45) is 3.26. The number of hydrogen-bond donors (Lipinski definition) is 4. The highest BCUT2D eigenvalue weighted by molar-refractivity contribution is 7.88. The molecule has 0 spiro atoms. The molecule has 8 aromatic carbocycles. The van der Waals surface area contributed by atoms with Gasteiger partial charge < -0.3 is 25.7 Å². The first kappa shape index (κ1) is 49.6. The van der Waals surface area contributed by atoms with E-state index in [1.54, 1.807) is 78.9 Å². The zero-order chi connectivity index (χ0) is 50.3. The van der Waals surface area contributed by atoms with Crippen LogP contribution in [-0.4, -0.2) is 51.0 Å². The fraction of sp³-hybridized carbons (Fsp3) is 0.0189. The molecule has 10 rings (SSSR count). The van der Waals surface area contributed by atoms with Crippen LogP contribution in [0.3, 0.4) is 0 Å². The van der Waals surface area contributed by atoms with E-state index in [0.717, 1.165) is 44.8 Å². The van der Waals surface area contributed by atoms with Crippen molar-refractivity contribution < 1.29 is 35.8 Å². The Morgan fingerprint density at radius 3 is 1.46 bits per heavy atom. The maximum Gasteiger partial charge on any atom is 0.534 e. The van der Waals surface area contributed by atoms with Crippen LogP contribution in [0.1, 0.15) is 0 Å². The zero-order valence-corrected chi connectivity index (χ0v) is 39.2. The van der Waals surface area contributed by atoms with Crippen molar-refractivity contribution in [1.82, 2.24) is 19.9 Å². The first-order valence-corrected chi connectivity index (χ1v) is 23.5. The van der Waals surface area contributed by atoms with Crippen molar-refractivity contribution in [3.8, 4) is 61.9 Å². The van der Waals surface area contributed by atoms with Crippen LogP contribution < -0.4 is 21.1 Å². The lowest BCUT2D eigenvalue weighted by atomic mass is 9.80. The summed E-state index contributed by atoms with van der Waals surface area (Å²) in [5.74, 6) is 0.316. The van der Waals surface area contributed by atoms with Crippen LogP contribution in [-0.2, 0) is 10.1 Å². The molecule has 0 aliphatic carbocycles. The molecule has 0 aliphatic rings. The van der Waals surface area contributed by atoms with Gasteiger partial charge in [-0.25, -0.2) is 19.9 Å². The van der Waals surface area contributed by atoms with E-state index in [1.807, 2.05) is 85.1 Å². The van der Waals surface area contributed by atoms with E-state index < -0.39 is 28.5 Å². The minimum Gasteiger partial charge on any atom is -0.423 e. The molecule has 18 heteroatoms. The molecule has 0 radical (unpaired) electrons. The van der Waals surface area contributed by atoms with Gasteiger partial charge >= 0.3 is 22.7 Å². The number of nitrogens with two attached hydrogens (primary N) is 2. The largest absolute Gasteiger partial charge is 0.534 e. The molecule has 11 nitrogen and oxygen atoms in total. The summed E-state index contributed by atoms with van der Waals surface area (Å²) in [5, 5.41) is 19.6. The lowest BCUT2D eigenvalue weighted by Crippen LogP contribution is -2.29. The number of alkyl halides is 3. The Kier molecular flexibility index (Phi) is 15.0. The van der Waals surface area contributed by atoms with E-state index >= 15 is 0 Å². The number of nitrogens with zero attached hydrogens (tertiary/aromatic N) is 4. The molecule has 0 bridgehead atoms. The van der Waals surface area contributed by atoms with Crippen LogP contribution in [0.15, 0.2) is 194 Å². The van der Waals surface area contributed by atoms with E-state index in [4.69, 9.17) is 49.7 Å². The number of anilines is 2. The van der Waals surface area contributed by atoms with Crippen LogP contribution >= 0.6 is 23.2 Å². The molecule has 0 unspecified atom stereocenters. The number of rotatable bonds is 8. The third kappa shape index (κ3) is 11.8. The Balaban J connectivity index is 0.000000160. The van der Waals surface area contributed by atoms with Crippen molar-refractivity contribution in [3.63, 3.8) is 0 Å². The normalized spacial score (nSPS) is 11.3. The lowest BCUT2D eigenvalue weighted by Gasteiger charge is -2.14. The van der Waals surface area contributed by atoms with E-state index in [0.29, 0.717) is 49.4 Å². The molecule has 2 aromatic heterocycles. The van der Waals surface area contributed by atoms with E-state index in [1.165, 1.54) is 12.3 Å². The lowest BCUT2D eigenvalue weighted by molar-refractivity contribution is -0.0499. The second-order valence-electron chi connectivity index (χ2n) is 15.6. The molecule has 0 aliphatic heterocycles. The second-order valence-corrected chi connectivity index (χ2v) is 18.0. The quantitative estimate of drug-likeness (QED) is 0.0491. The SMILES string of the molecule is Nc1cccc(-c2cc(-c3ccccc3Cl)cc3cnc(-c4ccccc4)nc23)c1.Nc1cccc(B(O)O)c1.O=S(=O)(Oc1cc(-c2ccccc2Cl)cc2cnc(-c3ccccc3)nc12)C(F)(F)F. The number of benzene rings is 8. The van der Waals surface area contributed by atoms with Gasteiger partial charge in [-0.1, -0.05) is 145 Å². The second kappa shape index (κ2) is 21.4. The van der Waals surface area contributed by atoms with Gasteiger partial charge in [0, 0.05) is 72.4 Å². The highest BCUT2D eigenvalue weighted by Gasteiger charge is 2.49. The van der Waals surface area contributed by atoms with Crippen molar-refractivity contribution in [2.45, 2.75) is 5.51 Å². The Labute approximate surface area is 416 Å². The highest BCUT2D eigenvalue weighted by Crippen LogP contribution is 2.39. The maximum atomic E-state index is 13.0. The fourth-order valence-corrected chi connectivity index (χ4v) is 8.24. The fourth-order valence-electron chi connectivity index (χ4n) is 7.29. The number of halogens is 5. The standard InChI is InChI=1S/C26H18ClN3.C21H12ClF3N2O3S.C6H8BNO2/c27-24-12-5-4-11-22(24)19-13-20-16-29-26(17-7-2-1-3-8-17)30-25(20)23(15-19)18-9-6-10-21(28)14-18;22-17-9-5-4-8-16(17)14-10-15-12-26-20(13-6-2-1-3-7-13)27-19(15)18(11-14)30-31(28,29)21(23,24)25;8-6-3-1-2-5(4-6)7(9)10/h1-16H,28H2;1-12H;1-4,9-10H,8H2. The molecule has 0 saturated heterocycles. The van der Waals surface area contributed by atoms with Gasteiger partial charge in [0.15, 0.2) is 17.4 Å². The van der Waals surface area contributed by atoms with Crippen LogP contribution in [0.25, 0.3) is 78.0 Å². The maximum absolute atomic E-state index is 13.0. The third-order valence-corrected chi connectivity index (χ3v) is 12.3. The Morgan fingerprint density at radius 1 is 0.507 bits per heavy atom. The monoisotopic (exact) mass is 1010 g/mol. The summed E-state index contributed by atoms with van der Waals surface area (Å²) < 4.78 is 66.9. The average Bonchev–Trinajstić information content (AvgIpc) is 3.36. The van der Waals surface area contributed by atoms with Gasteiger partial charge in [-0.05, 0) is 82.8 Å². The van der Waals surface area contributed by atoms with Crippen LogP contribution in [0, 0.1) is 0 Å². The number of nitrogen functional groups attached to an aromatic ring is 2. The average molecular weight is 1010 g/mol. The molecule has 0 atom stereocenters. The van der Waals surface area contributed by atoms with Gasteiger partial charge in [0.2, 0.25) is 0 Å². The molecule has 2 heterocycles. The minimum absolute atomic E-state index is 0.0857. The van der Waals surface area contributed by atoms with Gasteiger partial charge in [0.05, 0.1) is 5.52 Å². The molecular weight excluding hydrogens is 971 g/mol. The molecular formula is C53H38BCl2F3N6O5S. The van der Waals surface area contributed by atoms with Gasteiger partial charge in [-0.3, -0.25) is 0 Å². The van der Waals surface area contributed by atoms with Crippen molar-refractivity contribution in [2.24, 2.45) is 0 Å². The van der Waals surface area contributed by atoms with Crippen LogP contribution in [0.2, 0.25) is 10.0 Å². The molecule has 0 saturated carbocycles. The van der Waals surface area contributed by atoms with Crippen LogP contribution in [0.4, 0.5) is 24.5 Å². The number of hydrogen-bond acceptors (Lipinski definition) is 11. The van der Waals surface area contributed by atoms with Gasteiger partial charge in [0.1, 0.15) is 5.52 Å². The molecule has 71 heavy (non-hydrogen) atoms. The van der Waals surface area contributed by atoms with Crippen molar-refractivity contribution in [2.75, 3.05) is 11.5 Å². The van der Waals surface area contributed by atoms with Crippen molar-refractivity contribution in [3.05, 3.63) is 204 Å². The smallest absolute Gasteiger partial charge is 0.423 e. The first-order chi connectivity index (χ1) is 34.0. The Bertz CT molecular complexity index is 3640. The molecule has 10 aromatic rings. The van der Waals surface area contributed by atoms with E-state index in [9.17, 15) is 21.6 Å². The molecule has 354 valence electrons. The van der Waals surface area contributed by atoms with Gasteiger partial charge in [-0.2, -0.15) is 21.6 Å². The predicted octanol–water partition coefficient (Wildman–Crippen LogP) is 11.7. The Hall–Kier alpha value is -7.86. The van der Waals surface area contributed by atoms with Gasteiger partial charge in [0.25, 0.3) is 0 Å². The summed E-state index contributed by atoms with van der Waals surface area (Å²) >= 11 is 12.7. The molecule has 0 fully saturated rings. The molecule has 6 N–H and O–H groups in total. The summed E-state index contributed by atoms with van der Waals surface area (Å²) in [6, 6.07) is 54.4. The van der Waals surface area contributed by atoms with E-state index in [-0.39, 0.29) is 16.7 Å². The highest BCUT2D eigenvalue weighted by atomic mass is 35.5. The predicted molar refractivity (Wildman–Crippen MR) is 277 cm³/mol. The summed E-state index contributed by atoms with van der Waals surface area (Å²) in [5.41, 5.74) is 14.7. The van der Waals surface area contributed by atoms with Gasteiger partial charge in [-0.15, -0.1) is 0 Å². The molecule has 0 amide bonds. The number of aromatic nitrogens is 4. The van der Waals surface area contributed by atoms with E-state index in [2.05, 4.69) is 31.3 Å². The van der Waals surface area contributed by atoms with Crippen LogP contribution in [0.5, 0.6) is 5.75 Å². The summed E-state index contributed by atoms with van der Waals surface area (Å²) in [7, 11) is -7.35. The summed E-state index contributed by atoms with van der Waals surface area (Å²) in [4.78, 5) is 18.1. The zero-order valence-electron chi connectivity index (χ0n) is 36.9.